The van der Waals surface area contributed by atoms with Crippen LogP contribution in [0.15, 0.2) is 24.3 Å². The Bertz CT molecular complexity index is 1810. The quantitative estimate of drug-likeness (QED) is 0.0204. The summed E-state index contributed by atoms with van der Waals surface area (Å²) in [6, 6.07) is -0.828. The normalized spacial score (nSPS) is 21.7. The average molecular weight is 1450 g/mol. The SMILES string of the molecule is CCCCCCC/C=C\C/C=C\CCCCCCCCCCCCCCCCCCCCCCCCCCCCCCCC(=O)NC(COC1OC(CO)C(OC2OC(CO)C(O)C(O)C2O)C(O)C1O)C(O)CCCCCCCCCCCCCCCCCCCCCCCCCCCCC. The molecule has 12 atom stereocenters. The molecule has 0 radical (unpaired) electrons. The van der Waals surface area contributed by atoms with E-state index in [9.17, 15) is 45.6 Å². The summed E-state index contributed by atoms with van der Waals surface area (Å²) in [6.07, 6.45) is 78.3. The van der Waals surface area contributed by atoms with Crippen molar-refractivity contribution in [3.8, 4) is 0 Å². The molecule has 102 heavy (non-hydrogen) atoms. The number of aliphatic hydroxyl groups is 8. The van der Waals surface area contributed by atoms with E-state index in [-0.39, 0.29) is 12.5 Å². The Kier molecular flexibility index (Phi) is 68.5. The molecule has 14 nitrogen and oxygen atoms in total. The van der Waals surface area contributed by atoms with Crippen LogP contribution in [0.1, 0.15) is 438 Å². The van der Waals surface area contributed by atoms with Gasteiger partial charge in [-0.1, -0.05) is 411 Å². The zero-order valence-corrected chi connectivity index (χ0v) is 66.6. The van der Waals surface area contributed by atoms with Gasteiger partial charge < -0.3 is 65.1 Å². The molecule has 0 aliphatic carbocycles. The molecule has 9 N–H and O–H groups in total. The van der Waals surface area contributed by atoms with Crippen molar-refractivity contribution in [2.75, 3.05) is 19.8 Å². The number of hydrogen-bond acceptors (Lipinski definition) is 13. The summed E-state index contributed by atoms with van der Waals surface area (Å²) in [5, 5.41) is 88.0. The molecule has 0 aromatic rings. The number of hydrogen-bond donors (Lipinski definition) is 9. The van der Waals surface area contributed by atoms with Crippen molar-refractivity contribution in [2.24, 2.45) is 0 Å². The zero-order chi connectivity index (χ0) is 73.7. The molecule has 14 heteroatoms. The lowest BCUT2D eigenvalue weighted by Gasteiger charge is -2.46. The van der Waals surface area contributed by atoms with Crippen LogP contribution < -0.4 is 5.32 Å². The summed E-state index contributed by atoms with van der Waals surface area (Å²) in [5.74, 6) is -0.195. The molecule has 2 aliphatic rings. The third-order valence-corrected chi connectivity index (χ3v) is 22.2. The van der Waals surface area contributed by atoms with Gasteiger partial charge in [-0.05, 0) is 44.9 Å². The maximum Gasteiger partial charge on any atom is 0.220 e. The summed E-state index contributed by atoms with van der Waals surface area (Å²) in [5.41, 5.74) is 0. The molecule has 0 aromatic heterocycles. The van der Waals surface area contributed by atoms with Gasteiger partial charge in [0.25, 0.3) is 0 Å². The van der Waals surface area contributed by atoms with E-state index < -0.39 is 86.8 Å². The lowest BCUT2D eigenvalue weighted by atomic mass is 9.97. The van der Waals surface area contributed by atoms with Gasteiger partial charge in [0.05, 0.1) is 32.0 Å². The van der Waals surface area contributed by atoms with E-state index in [0.29, 0.717) is 12.8 Å². The predicted octanol–water partition coefficient (Wildman–Crippen LogP) is 21.4. The van der Waals surface area contributed by atoms with Crippen LogP contribution in [-0.2, 0) is 23.7 Å². The first-order valence-corrected chi connectivity index (χ1v) is 44.6. The molecular formula is C88H169NO13. The molecule has 2 heterocycles. The fraction of sp³-hybridized carbons (Fsp3) is 0.943. The molecule has 1 amide bonds. The van der Waals surface area contributed by atoms with Gasteiger partial charge in [0.15, 0.2) is 12.6 Å². The minimum absolute atomic E-state index is 0.195. The number of ether oxygens (including phenoxy) is 4. The lowest BCUT2D eigenvalue weighted by molar-refractivity contribution is -0.359. The van der Waals surface area contributed by atoms with Crippen molar-refractivity contribution in [3.05, 3.63) is 24.3 Å². The molecule has 12 unspecified atom stereocenters. The van der Waals surface area contributed by atoms with Gasteiger partial charge in [-0.3, -0.25) is 4.79 Å². The second-order valence-electron chi connectivity index (χ2n) is 31.7. The van der Waals surface area contributed by atoms with Gasteiger partial charge in [0, 0.05) is 6.42 Å². The first-order chi connectivity index (χ1) is 50.1. The van der Waals surface area contributed by atoms with E-state index in [2.05, 4.69) is 43.5 Å². The second-order valence-corrected chi connectivity index (χ2v) is 31.7. The van der Waals surface area contributed by atoms with Crippen LogP contribution in [0.2, 0.25) is 0 Å². The van der Waals surface area contributed by atoms with Crippen LogP contribution in [-0.4, -0.2) is 140 Å². The van der Waals surface area contributed by atoms with Crippen molar-refractivity contribution in [1.82, 2.24) is 5.32 Å². The average Bonchev–Trinajstić information content (AvgIpc) is 0.790. The van der Waals surface area contributed by atoms with Gasteiger partial charge in [0.1, 0.15) is 48.8 Å². The summed E-state index contributed by atoms with van der Waals surface area (Å²) < 4.78 is 23.0. The van der Waals surface area contributed by atoms with E-state index >= 15 is 0 Å². The minimum atomic E-state index is -1.78. The molecule has 2 saturated heterocycles. The summed E-state index contributed by atoms with van der Waals surface area (Å²) in [4.78, 5) is 13.4. The Morgan fingerprint density at radius 1 is 0.353 bits per heavy atom. The molecular weight excluding hydrogens is 1280 g/mol. The summed E-state index contributed by atoms with van der Waals surface area (Å²) >= 11 is 0. The maximum atomic E-state index is 13.4. The Morgan fingerprint density at radius 3 is 0.980 bits per heavy atom. The highest BCUT2D eigenvalue weighted by Gasteiger charge is 2.51. The number of rotatable bonds is 77. The lowest BCUT2D eigenvalue weighted by Crippen LogP contribution is -2.65. The number of amides is 1. The highest BCUT2D eigenvalue weighted by Crippen LogP contribution is 2.31. The molecule has 2 rings (SSSR count). The van der Waals surface area contributed by atoms with Crippen LogP contribution >= 0.6 is 0 Å². The Labute approximate surface area is 628 Å². The monoisotopic (exact) mass is 1450 g/mol. The van der Waals surface area contributed by atoms with Gasteiger partial charge in [0.2, 0.25) is 5.91 Å². The fourth-order valence-electron chi connectivity index (χ4n) is 15.2. The predicted molar refractivity (Wildman–Crippen MR) is 425 cm³/mol. The summed E-state index contributed by atoms with van der Waals surface area (Å²) in [6.45, 7) is 2.93. The van der Waals surface area contributed by atoms with Crippen LogP contribution in [0.25, 0.3) is 0 Å². The number of aliphatic hydroxyl groups excluding tert-OH is 8. The minimum Gasteiger partial charge on any atom is -0.394 e. The van der Waals surface area contributed by atoms with E-state index in [1.54, 1.807) is 0 Å². The topological polar surface area (TPSA) is 228 Å². The number of nitrogens with one attached hydrogen (secondary N) is 1. The second kappa shape index (κ2) is 72.3. The first kappa shape index (κ1) is 96.5. The van der Waals surface area contributed by atoms with Crippen LogP contribution in [0, 0.1) is 0 Å². The first-order valence-electron chi connectivity index (χ1n) is 44.6. The van der Waals surface area contributed by atoms with Gasteiger partial charge >= 0.3 is 0 Å². The highest BCUT2D eigenvalue weighted by molar-refractivity contribution is 5.76. The van der Waals surface area contributed by atoms with Crippen LogP contribution in [0.5, 0.6) is 0 Å². The largest absolute Gasteiger partial charge is 0.394 e. The number of carbonyl (C=O) groups excluding carboxylic acids is 1. The van der Waals surface area contributed by atoms with Gasteiger partial charge in [-0.25, -0.2) is 0 Å². The molecule has 604 valence electrons. The third kappa shape index (κ3) is 54.1. The third-order valence-electron chi connectivity index (χ3n) is 22.2. The van der Waals surface area contributed by atoms with Gasteiger partial charge in [-0.2, -0.15) is 0 Å². The van der Waals surface area contributed by atoms with E-state index in [0.717, 1.165) is 57.8 Å². The van der Waals surface area contributed by atoms with Crippen LogP contribution in [0.3, 0.4) is 0 Å². The standard InChI is InChI=1S/C88H169NO13/c1-3-5-7-9-11-13-15-17-19-21-23-25-27-29-31-32-33-34-35-36-37-38-39-40-41-42-43-44-46-48-50-52-54-56-58-60-62-64-66-68-70-72-80(93)89-76(75-99-87-85(98)83(96)86(79(74-91)101-87)102-88-84(97)82(95)81(94)78(73-90)100-88)77(92)71-69-67-65-63-61-59-57-55-53-51-49-47-45-30-28-26-24-22-20-18-16-14-12-10-8-6-4-2/h15,17,21,23,76-79,81-88,90-92,94-98H,3-14,16,18-20,22,24-75H2,1-2H3,(H,89,93)/b17-15-,23-21-. The maximum absolute atomic E-state index is 13.4. The van der Waals surface area contributed by atoms with E-state index in [1.807, 2.05) is 0 Å². The Balaban J connectivity index is 1.53. The summed E-state index contributed by atoms with van der Waals surface area (Å²) in [7, 11) is 0. The van der Waals surface area contributed by atoms with Crippen molar-refractivity contribution in [3.63, 3.8) is 0 Å². The fourth-order valence-corrected chi connectivity index (χ4v) is 15.2. The molecule has 0 bridgehead atoms. The van der Waals surface area contributed by atoms with Crippen molar-refractivity contribution >= 4 is 5.91 Å². The zero-order valence-electron chi connectivity index (χ0n) is 66.6. The van der Waals surface area contributed by atoms with Crippen molar-refractivity contribution in [1.29, 1.82) is 0 Å². The van der Waals surface area contributed by atoms with Crippen molar-refractivity contribution < 1.29 is 64.6 Å². The Hall–Kier alpha value is -1.53. The molecule has 2 fully saturated rings. The molecule has 2 aliphatic heterocycles. The smallest absolute Gasteiger partial charge is 0.220 e. The highest BCUT2D eigenvalue weighted by atomic mass is 16.7. The van der Waals surface area contributed by atoms with E-state index in [1.165, 1.54) is 353 Å². The van der Waals surface area contributed by atoms with E-state index in [4.69, 9.17) is 18.9 Å². The molecule has 0 spiro atoms. The number of unbranched alkanes of at least 4 members (excludes halogenated alkanes) is 60. The molecule has 0 saturated carbocycles. The van der Waals surface area contributed by atoms with Crippen LogP contribution in [0.4, 0.5) is 0 Å². The Morgan fingerprint density at radius 2 is 0.647 bits per heavy atom. The number of carbonyl (C=O) groups is 1. The number of allylic oxidation sites excluding steroid dienone is 4. The van der Waals surface area contributed by atoms with Crippen molar-refractivity contribution in [2.45, 2.75) is 511 Å². The molecule has 0 aromatic carbocycles. The van der Waals surface area contributed by atoms with Gasteiger partial charge in [-0.15, -0.1) is 0 Å².